The van der Waals surface area contributed by atoms with E-state index >= 15 is 0 Å². The molecule has 1 atom stereocenters. The van der Waals surface area contributed by atoms with Gasteiger partial charge in [0.1, 0.15) is 5.82 Å². The molecule has 0 radical (unpaired) electrons. The van der Waals surface area contributed by atoms with Crippen molar-refractivity contribution in [2.45, 2.75) is 19.3 Å². The molecule has 1 amide bonds. The predicted octanol–water partition coefficient (Wildman–Crippen LogP) is 2.80. The number of benzene rings is 2. The average molecular weight is 427 g/mol. The van der Waals surface area contributed by atoms with Crippen LogP contribution in [0.25, 0.3) is 11.4 Å². The summed E-state index contributed by atoms with van der Waals surface area (Å²) in [6, 6.07) is 17.2. The van der Waals surface area contributed by atoms with Crippen molar-refractivity contribution in [3.63, 3.8) is 0 Å². The normalized spacial score (nSPS) is 16.1. The number of hydrogen-bond acceptors (Lipinski definition) is 5. The van der Waals surface area contributed by atoms with Gasteiger partial charge in [0.25, 0.3) is 5.91 Å². The molecule has 1 aromatic heterocycles. The fraction of sp³-hybridized carbons (Fsp3) is 0.273. The van der Waals surface area contributed by atoms with Crippen LogP contribution in [0.15, 0.2) is 54.6 Å². The molecule has 30 heavy (non-hydrogen) atoms. The van der Waals surface area contributed by atoms with E-state index in [0.29, 0.717) is 40.9 Å². The summed E-state index contributed by atoms with van der Waals surface area (Å²) in [5.74, 6) is 0.634. The zero-order valence-electron chi connectivity index (χ0n) is 16.6. The maximum absolute atomic E-state index is 13.4. The van der Waals surface area contributed by atoms with Crippen molar-refractivity contribution < 1.29 is 15.0 Å². The first-order valence-electron chi connectivity index (χ1n) is 9.75. The van der Waals surface area contributed by atoms with Gasteiger partial charge in [-0.1, -0.05) is 54.1 Å². The Morgan fingerprint density at radius 2 is 1.80 bits per heavy atom. The van der Waals surface area contributed by atoms with E-state index in [1.807, 2.05) is 53.1 Å². The van der Waals surface area contributed by atoms with E-state index in [-0.39, 0.29) is 19.1 Å². The molecule has 2 N–H and O–H groups in total. The molecule has 0 bridgehead atoms. The number of aliphatic hydroxyl groups excluding tert-OH is 2. The van der Waals surface area contributed by atoms with E-state index in [4.69, 9.17) is 16.6 Å². The molecule has 0 saturated carbocycles. The summed E-state index contributed by atoms with van der Waals surface area (Å²) < 4.78 is 1.85. The first-order valence-corrected chi connectivity index (χ1v) is 10.1. The van der Waals surface area contributed by atoms with Crippen LogP contribution in [0.2, 0.25) is 5.02 Å². The Morgan fingerprint density at radius 3 is 2.50 bits per heavy atom. The summed E-state index contributed by atoms with van der Waals surface area (Å²) in [7, 11) is 1.69. The molecule has 1 aliphatic rings. The van der Waals surface area contributed by atoms with Crippen molar-refractivity contribution in [2.24, 2.45) is 0 Å². The number of fused-ring (bicyclic) bond motifs is 1. The Labute approximate surface area is 179 Å². The zero-order chi connectivity index (χ0) is 21.3. The van der Waals surface area contributed by atoms with Gasteiger partial charge >= 0.3 is 0 Å². The molecule has 1 aliphatic heterocycles. The van der Waals surface area contributed by atoms with Crippen LogP contribution in [0.4, 0.5) is 5.82 Å². The number of nitrogens with zero attached hydrogens (tertiary/aromatic N) is 4. The van der Waals surface area contributed by atoms with Crippen molar-refractivity contribution in [3.05, 3.63) is 70.9 Å². The van der Waals surface area contributed by atoms with Crippen LogP contribution in [-0.4, -0.2) is 57.1 Å². The van der Waals surface area contributed by atoms with Crippen molar-refractivity contribution in [2.75, 3.05) is 25.1 Å². The van der Waals surface area contributed by atoms with E-state index in [1.54, 1.807) is 18.0 Å². The maximum atomic E-state index is 13.4. The second-order valence-electron chi connectivity index (χ2n) is 7.19. The van der Waals surface area contributed by atoms with E-state index in [0.717, 1.165) is 5.56 Å². The van der Waals surface area contributed by atoms with Gasteiger partial charge in [-0.3, -0.25) is 9.69 Å². The predicted molar refractivity (Wildman–Crippen MR) is 115 cm³/mol. The molecule has 1 unspecified atom stereocenters. The number of hydrogen-bond donors (Lipinski definition) is 2. The lowest BCUT2D eigenvalue weighted by Gasteiger charge is -2.38. The van der Waals surface area contributed by atoms with Gasteiger partial charge in [-0.2, -0.15) is 0 Å². The minimum absolute atomic E-state index is 0.0682. The molecule has 7 nitrogen and oxygen atoms in total. The van der Waals surface area contributed by atoms with Gasteiger partial charge in [0, 0.05) is 32.3 Å². The number of amides is 1. The summed E-state index contributed by atoms with van der Waals surface area (Å²) >= 11 is 6.46. The maximum Gasteiger partial charge on any atom is 0.277 e. The number of carbonyl (C=O) groups is 1. The van der Waals surface area contributed by atoms with Crippen LogP contribution in [0.1, 0.15) is 22.5 Å². The van der Waals surface area contributed by atoms with E-state index in [2.05, 4.69) is 0 Å². The zero-order valence-corrected chi connectivity index (χ0v) is 17.3. The number of rotatable bonds is 6. The fourth-order valence-electron chi connectivity index (χ4n) is 3.68. The average Bonchev–Trinajstić information content (AvgIpc) is 3.12. The summed E-state index contributed by atoms with van der Waals surface area (Å²) in [4.78, 5) is 21.0. The summed E-state index contributed by atoms with van der Waals surface area (Å²) in [5, 5.41) is 20.4. The molecule has 156 valence electrons. The molecule has 4 rings (SSSR count). The Bertz CT molecular complexity index is 1050. The van der Waals surface area contributed by atoms with Gasteiger partial charge in [-0.05, 0) is 24.1 Å². The summed E-state index contributed by atoms with van der Waals surface area (Å²) in [6.45, 7) is 0.590. The van der Waals surface area contributed by atoms with Crippen molar-refractivity contribution in [1.82, 2.24) is 14.5 Å². The molecule has 2 heterocycles. The first kappa shape index (κ1) is 20.4. The Morgan fingerprint density at radius 1 is 1.10 bits per heavy atom. The monoisotopic (exact) mass is 426 g/mol. The SMILES string of the molecule is CN1c2nc(-c3ccccc3Cl)n(Cc3ccccc3)c2C(=O)N(CCCO)C1O. The number of anilines is 1. The number of carbonyl (C=O) groups excluding carboxylic acids is 1. The van der Waals surface area contributed by atoms with Crippen molar-refractivity contribution >= 4 is 23.3 Å². The van der Waals surface area contributed by atoms with Crippen LogP contribution >= 0.6 is 11.6 Å². The molecular weight excluding hydrogens is 404 g/mol. The highest BCUT2D eigenvalue weighted by molar-refractivity contribution is 6.33. The fourth-order valence-corrected chi connectivity index (χ4v) is 3.90. The van der Waals surface area contributed by atoms with Gasteiger partial charge in [-0.25, -0.2) is 4.98 Å². The summed E-state index contributed by atoms with van der Waals surface area (Å²) in [6.07, 6.45) is -0.786. The highest BCUT2D eigenvalue weighted by atomic mass is 35.5. The highest BCUT2D eigenvalue weighted by Crippen LogP contribution is 2.36. The van der Waals surface area contributed by atoms with Crippen LogP contribution in [0, 0.1) is 0 Å². The molecule has 8 heteroatoms. The van der Waals surface area contributed by atoms with Crippen LogP contribution in [0.3, 0.4) is 0 Å². The van der Waals surface area contributed by atoms with Crippen LogP contribution in [0.5, 0.6) is 0 Å². The second kappa shape index (κ2) is 8.47. The Balaban J connectivity index is 1.89. The molecule has 0 aliphatic carbocycles. The van der Waals surface area contributed by atoms with Crippen molar-refractivity contribution in [1.29, 1.82) is 0 Å². The van der Waals surface area contributed by atoms with E-state index in [9.17, 15) is 15.0 Å². The van der Waals surface area contributed by atoms with E-state index in [1.165, 1.54) is 4.90 Å². The molecule has 0 fully saturated rings. The lowest BCUT2D eigenvalue weighted by molar-refractivity contribution is 0.00114. The number of aliphatic hydroxyl groups is 2. The molecule has 3 aromatic rings. The molecule has 0 spiro atoms. The first-order chi connectivity index (χ1) is 14.5. The van der Waals surface area contributed by atoms with Gasteiger partial charge in [0.2, 0.25) is 6.35 Å². The third-order valence-corrected chi connectivity index (χ3v) is 5.56. The quantitative estimate of drug-likeness (QED) is 0.633. The summed E-state index contributed by atoms with van der Waals surface area (Å²) in [5.41, 5.74) is 2.11. The topological polar surface area (TPSA) is 81.8 Å². The van der Waals surface area contributed by atoms with Gasteiger partial charge < -0.3 is 19.7 Å². The Kier molecular flexibility index (Phi) is 5.76. The van der Waals surface area contributed by atoms with Gasteiger partial charge in [-0.15, -0.1) is 0 Å². The minimum Gasteiger partial charge on any atom is -0.396 e. The van der Waals surface area contributed by atoms with Gasteiger partial charge in [0.05, 0.1) is 5.02 Å². The highest BCUT2D eigenvalue weighted by Gasteiger charge is 2.39. The third-order valence-electron chi connectivity index (χ3n) is 5.23. The molecule has 0 saturated heterocycles. The Hall–Kier alpha value is -2.87. The molecular formula is C22H23ClN4O3. The molecule has 2 aromatic carbocycles. The largest absolute Gasteiger partial charge is 0.396 e. The standard InChI is InChI=1S/C22H23ClN4O3/c1-25-20-18(21(29)26(22(25)30)12-7-13-28)27(14-15-8-3-2-4-9-15)19(24-20)16-10-5-6-11-17(16)23/h2-6,8-11,22,28,30H,7,12-14H2,1H3. The van der Waals surface area contributed by atoms with E-state index < -0.39 is 6.35 Å². The van der Waals surface area contributed by atoms with Crippen LogP contribution < -0.4 is 4.90 Å². The minimum atomic E-state index is -1.16. The van der Waals surface area contributed by atoms with Gasteiger partial charge in [0.15, 0.2) is 11.5 Å². The number of halogens is 1. The van der Waals surface area contributed by atoms with Crippen molar-refractivity contribution in [3.8, 4) is 11.4 Å². The number of aromatic nitrogens is 2. The lowest BCUT2D eigenvalue weighted by Crippen LogP contribution is -2.54. The van der Waals surface area contributed by atoms with Crippen LogP contribution in [-0.2, 0) is 6.54 Å². The third kappa shape index (κ3) is 3.56. The lowest BCUT2D eigenvalue weighted by atomic mass is 10.1. The second-order valence-corrected chi connectivity index (χ2v) is 7.60. The smallest absolute Gasteiger partial charge is 0.277 e. The number of imidazole rings is 1.